The van der Waals surface area contributed by atoms with Gasteiger partial charge in [0.15, 0.2) is 5.82 Å². The second kappa shape index (κ2) is 7.50. The number of unbranched alkanes of at least 4 members (excludes halogenated alkanes) is 3. The van der Waals surface area contributed by atoms with Crippen molar-refractivity contribution in [2.45, 2.75) is 32.1 Å². The first-order valence-electron chi connectivity index (χ1n) is 5.05. The summed E-state index contributed by atoms with van der Waals surface area (Å²) < 4.78 is 9.77. The van der Waals surface area contributed by atoms with E-state index in [9.17, 15) is 0 Å². The second-order valence-corrected chi connectivity index (χ2v) is 3.12. The number of rotatable bonds is 8. The Kier molecular flexibility index (Phi) is 5.99. The van der Waals surface area contributed by atoms with E-state index in [1.165, 1.54) is 19.2 Å². The maximum atomic E-state index is 5.14. The molecule has 4 heteroatoms. The lowest BCUT2D eigenvalue weighted by Crippen LogP contribution is -1.94. The van der Waals surface area contributed by atoms with Gasteiger partial charge in [0.1, 0.15) is 0 Å². The van der Waals surface area contributed by atoms with Crippen molar-refractivity contribution in [2.24, 2.45) is 0 Å². The lowest BCUT2D eigenvalue weighted by molar-refractivity contribution is 0.156. The number of ether oxygens (including phenoxy) is 1. The Morgan fingerprint density at radius 3 is 2.86 bits per heavy atom. The van der Waals surface area contributed by atoms with Crippen LogP contribution in [0.2, 0.25) is 0 Å². The standard InChI is InChI=1S/C10H17N2O2/c1-2-13-8-6-4-3-5-7-10-11-9-14-12-10/h9H,1-8H2. The zero-order chi connectivity index (χ0) is 10.1. The molecule has 0 saturated carbocycles. The van der Waals surface area contributed by atoms with Crippen molar-refractivity contribution in [1.82, 2.24) is 10.1 Å². The molecule has 0 aliphatic rings. The first-order chi connectivity index (χ1) is 6.93. The van der Waals surface area contributed by atoms with Crippen molar-refractivity contribution in [3.8, 4) is 0 Å². The molecule has 4 nitrogen and oxygen atoms in total. The molecule has 0 amide bonds. The van der Waals surface area contributed by atoms with Gasteiger partial charge < -0.3 is 9.26 Å². The van der Waals surface area contributed by atoms with Crippen LogP contribution in [-0.2, 0) is 11.2 Å². The van der Waals surface area contributed by atoms with Gasteiger partial charge >= 0.3 is 0 Å². The number of nitrogens with zero attached hydrogens (tertiary/aromatic N) is 2. The summed E-state index contributed by atoms with van der Waals surface area (Å²) >= 11 is 0. The highest BCUT2D eigenvalue weighted by Gasteiger charge is 1.97. The van der Waals surface area contributed by atoms with Gasteiger partial charge in [-0.15, -0.1) is 0 Å². The number of aryl methyl sites for hydroxylation is 1. The van der Waals surface area contributed by atoms with Crippen LogP contribution < -0.4 is 0 Å². The van der Waals surface area contributed by atoms with Gasteiger partial charge in [0, 0.05) is 19.6 Å². The van der Waals surface area contributed by atoms with E-state index in [0.29, 0.717) is 6.61 Å². The highest BCUT2D eigenvalue weighted by atomic mass is 16.5. The lowest BCUT2D eigenvalue weighted by Gasteiger charge is -2.00. The summed E-state index contributed by atoms with van der Waals surface area (Å²) in [6.07, 6.45) is 6.89. The molecule has 1 aromatic rings. The molecule has 1 radical (unpaired) electrons. The van der Waals surface area contributed by atoms with E-state index in [1.54, 1.807) is 0 Å². The van der Waals surface area contributed by atoms with Crippen LogP contribution in [0.4, 0.5) is 0 Å². The summed E-state index contributed by atoms with van der Waals surface area (Å²) in [5.74, 6) is 0.805. The maximum absolute atomic E-state index is 5.14. The van der Waals surface area contributed by atoms with Crippen molar-refractivity contribution >= 4 is 0 Å². The van der Waals surface area contributed by atoms with Gasteiger partial charge in [0.05, 0.1) is 0 Å². The Balaban J connectivity index is 1.85. The third kappa shape index (κ3) is 4.97. The monoisotopic (exact) mass is 197 g/mol. The zero-order valence-corrected chi connectivity index (χ0v) is 8.45. The van der Waals surface area contributed by atoms with E-state index in [2.05, 4.69) is 21.6 Å². The van der Waals surface area contributed by atoms with Gasteiger partial charge in [0.25, 0.3) is 0 Å². The average Bonchev–Trinajstić information content (AvgIpc) is 2.69. The summed E-state index contributed by atoms with van der Waals surface area (Å²) in [7, 11) is 0. The van der Waals surface area contributed by atoms with Gasteiger partial charge in [-0.2, -0.15) is 4.98 Å². The molecule has 0 fully saturated rings. The quantitative estimate of drug-likeness (QED) is 0.598. The third-order valence-electron chi connectivity index (χ3n) is 1.99. The zero-order valence-electron chi connectivity index (χ0n) is 8.45. The molecule has 0 aromatic carbocycles. The van der Waals surface area contributed by atoms with Crippen LogP contribution in [0.25, 0.3) is 0 Å². The van der Waals surface area contributed by atoms with Crippen LogP contribution in [-0.4, -0.2) is 23.4 Å². The smallest absolute Gasteiger partial charge is 0.213 e. The molecule has 0 aliphatic carbocycles. The lowest BCUT2D eigenvalue weighted by atomic mass is 10.1. The van der Waals surface area contributed by atoms with Crippen molar-refractivity contribution in [2.75, 3.05) is 13.2 Å². The molecule has 0 bridgehead atoms. The number of hydrogen-bond donors (Lipinski definition) is 0. The van der Waals surface area contributed by atoms with Gasteiger partial charge in [0.2, 0.25) is 6.39 Å². The molecule has 0 aliphatic heterocycles. The number of aromatic nitrogens is 2. The maximum Gasteiger partial charge on any atom is 0.213 e. The fourth-order valence-corrected chi connectivity index (χ4v) is 1.25. The minimum absolute atomic E-state index is 0.572. The van der Waals surface area contributed by atoms with Crippen molar-refractivity contribution in [3.63, 3.8) is 0 Å². The SMILES string of the molecule is [CH2]COCCCCCCc1ncon1. The summed E-state index contributed by atoms with van der Waals surface area (Å²) in [5.41, 5.74) is 0. The molecular weight excluding hydrogens is 180 g/mol. The molecule has 0 N–H and O–H groups in total. The molecule has 0 unspecified atom stereocenters. The van der Waals surface area contributed by atoms with Crippen LogP contribution in [0.5, 0.6) is 0 Å². The molecule has 0 spiro atoms. The summed E-state index contributed by atoms with van der Waals surface area (Å²) in [5, 5.41) is 3.74. The van der Waals surface area contributed by atoms with Gasteiger partial charge in [-0.1, -0.05) is 18.0 Å². The van der Waals surface area contributed by atoms with Crippen LogP contribution in [0.3, 0.4) is 0 Å². The second-order valence-electron chi connectivity index (χ2n) is 3.12. The van der Waals surface area contributed by atoms with E-state index in [0.717, 1.165) is 31.7 Å². The average molecular weight is 197 g/mol. The minimum atomic E-state index is 0.572. The predicted octanol–water partition coefficient (Wildman–Crippen LogP) is 2.02. The Morgan fingerprint density at radius 1 is 1.29 bits per heavy atom. The Hall–Kier alpha value is -0.900. The van der Waals surface area contributed by atoms with Gasteiger partial charge in [-0.05, 0) is 19.8 Å². The Labute approximate surface area is 84.6 Å². The number of hydrogen-bond acceptors (Lipinski definition) is 4. The van der Waals surface area contributed by atoms with Crippen molar-refractivity contribution < 1.29 is 9.26 Å². The summed E-state index contributed by atoms with van der Waals surface area (Å²) in [6, 6.07) is 0. The van der Waals surface area contributed by atoms with Gasteiger partial charge in [-0.3, -0.25) is 0 Å². The van der Waals surface area contributed by atoms with Crippen LogP contribution >= 0.6 is 0 Å². The van der Waals surface area contributed by atoms with Crippen molar-refractivity contribution in [1.29, 1.82) is 0 Å². The first-order valence-corrected chi connectivity index (χ1v) is 5.05. The molecular formula is C10H17N2O2. The molecule has 0 saturated heterocycles. The Bertz CT molecular complexity index is 212. The molecule has 14 heavy (non-hydrogen) atoms. The Morgan fingerprint density at radius 2 is 2.14 bits per heavy atom. The van der Waals surface area contributed by atoms with Gasteiger partial charge in [-0.25, -0.2) is 0 Å². The van der Waals surface area contributed by atoms with Crippen LogP contribution in [0, 0.1) is 6.92 Å². The van der Waals surface area contributed by atoms with E-state index >= 15 is 0 Å². The molecule has 79 valence electrons. The normalized spacial score (nSPS) is 10.6. The fourth-order valence-electron chi connectivity index (χ4n) is 1.25. The minimum Gasteiger partial charge on any atom is -0.381 e. The third-order valence-corrected chi connectivity index (χ3v) is 1.99. The van der Waals surface area contributed by atoms with E-state index in [-0.39, 0.29) is 0 Å². The van der Waals surface area contributed by atoms with E-state index in [1.807, 2.05) is 0 Å². The summed E-state index contributed by atoms with van der Waals surface area (Å²) in [6.45, 7) is 5.00. The van der Waals surface area contributed by atoms with Crippen molar-refractivity contribution in [3.05, 3.63) is 19.1 Å². The van der Waals surface area contributed by atoms with Crippen LogP contribution in [0.15, 0.2) is 10.9 Å². The summed E-state index contributed by atoms with van der Waals surface area (Å²) in [4.78, 5) is 3.95. The molecule has 1 aromatic heterocycles. The highest BCUT2D eigenvalue weighted by molar-refractivity contribution is 4.76. The highest BCUT2D eigenvalue weighted by Crippen LogP contribution is 2.04. The predicted molar refractivity (Wildman–Crippen MR) is 52.6 cm³/mol. The topological polar surface area (TPSA) is 48.2 Å². The molecule has 0 atom stereocenters. The molecule has 1 rings (SSSR count). The van der Waals surface area contributed by atoms with E-state index < -0.39 is 0 Å². The van der Waals surface area contributed by atoms with E-state index in [4.69, 9.17) is 4.74 Å². The first kappa shape index (κ1) is 11.2. The van der Waals surface area contributed by atoms with Crippen LogP contribution in [0.1, 0.15) is 31.5 Å². The molecule has 1 heterocycles. The fraction of sp³-hybridized carbons (Fsp3) is 0.700. The largest absolute Gasteiger partial charge is 0.381 e.